The monoisotopic (exact) mass is 837 g/mol. The van der Waals surface area contributed by atoms with Gasteiger partial charge in [-0.05, 0) is 92.8 Å². The van der Waals surface area contributed by atoms with Crippen molar-refractivity contribution in [2.45, 2.75) is 81.1 Å². The Morgan fingerprint density at radius 1 is 0.875 bits per heavy atom. The molecule has 0 atom stereocenters. The second kappa shape index (κ2) is 16.2. The number of aryl methyl sites for hydroxylation is 4. The van der Waals surface area contributed by atoms with E-state index in [0.29, 0.717) is 0 Å². The number of carbonyl (C=O) groups is 1. The Balaban J connectivity index is 0.000000279. The van der Waals surface area contributed by atoms with Crippen molar-refractivity contribution >= 4 is 49.1 Å². The fraction of sp³-hybridized carbons (Fsp3) is 0.333. The first kappa shape index (κ1) is 37.3. The molecule has 6 rings (SSSR count). The molecule has 0 amide bonds. The van der Waals surface area contributed by atoms with Crippen molar-refractivity contribution in [3.63, 3.8) is 0 Å². The van der Waals surface area contributed by atoms with Crippen LogP contribution in [0.3, 0.4) is 0 Å². The zero-order chi connectivity index (χ0) is 33.8. The Labute approximate surface area is 302 Å². The number of aromatic nitrogens is 1. The average Bonchev–Trinajstić information content (AvgIpc) is 3.63. The summed E-state index contributed by atoms with van der Waals surface area (Å²) in [5.74, 6) is 0.547. The first-order chi connectivity index (χ1) is 22.6. The van der Waals surface area contributed by atoms with Crippen LogP contribution in [0.5, 0.6) is 0 Å². The van der Waals surface area contributed by atoms with Gasteiger partial charge >= 0.3 is 0 Å². The largest absolute Gasteiger partial charge is 0.512 e. The number of furan rings is 1. The van der Waals surface area contributed by atoms with E-state index in [2.05, 4.69) is 82.3 Å². The van der Waals surface area contributed by atoms with Gasteiger partial charge in [0.05, 0.1) is 16.0 Å². The summed E-state index contributed by atoms with van der Waals surface area (Å²) in [4.78, 5) is 17.9. The summed E-state index contributed by atoms with van der Waals surface area (Å²) in [5, 5.41) is 13.3. The van der Waals surface area contributed by atoms with Crippen LogP contribution in [-0.4, -0.2) is 15.9 Å². The van der Waals surface area contributed by atoms with Crippen molar-refractivity contribution in [1.82, 2.24) is 4.98 Å². The van der Waals surface area contributed by atoms with E-state index in [1.165, 1.54) is 48.9 Å². The molecule has 1 radical (unpaired) electrons. The number of rotatable bonds is 9. The van der Waals surface area contributed by atoms with Gasteiger partial charge < -0.3 is 14.5 Å². The second-order valence-electron chi connectivity index (χ2n) is 12.6. The van der Waals surface area contributed by atoms with E-state index >= 15 is 0 Å². The Hall–Kier alpha value is -3.57. The van der Waals surface area contributed by atoms with E-state index < -0.39 is 0 Å². The molecule has 48 heavy (non-hydrogen) atoms. The minimum Gasteiger partial charge on any atom is -0.512 e. The number of aliphatic hydroxyl groups excluding tert-OH is 1. The fourth-order valence-electron chi connectivity index (χ4n) is 6.59. The van der Waals surface area contributed by atoms with E-state index in [1.54, 1.807) is 11.3 Å². The normalized spacial score (nSPS) is 11.8. The standard InChI is InChI=1S/C29H22NOS.C13H24O2.Ir/c1-16-7-5-8-17(2)26(16)24-15-30-25(13-18(24)3)23-10-6-9-21-22-12-11-20-14-19(4)32-29(20)28(22)31-27(21)23;1-5-10(6-2)12(14)9-13(15)11(7-3)8-4;/h5-9,11-15H,1-4H3;9-11,14H,5-8H2,1-4H3;/q-1;;/b;12-9-;. The molecule has 253 valence electrons. The van der Waals surface area contributed by atoms with E-state index in [9.17, 15) is 9.90 Å². The first-order valence-corrected chi connectivity index (χ1v) is 17.7. The van der Waals surface area contributed by atoms with Gasteiger partial charge in [0.2, 0.25) is 0 Å². The maximum Gasteiger partial charge on any atom is 0.162 e. The summed E-state index contributed by atoms with van der Waals surface area (Å²) in [6.45, 7) is 16.7. The number of aliphatic hydroxyl groups is 1. The molecule has 0 bridgehead atoms. The van der Waals surface area contributed by atoms with E-state index in [-0.39, 0.29) is 43.5 Å². The molecule has 0 saturated heterocycles. The Morgan fingerprint density at radius 3 is 2.15 bits per heavy atom. The third kappa shape index (κ3) is 7.52. The van der Waals surface area contributed by atoms with Crippen LogP contribution >= 0.6 is 11.3 Å². The zero-order valence-electron chi connectivity index (χ0n) is 29.3. The molecule has 0 unspecified atom stereocenters. The van der Waals surface area contributed by atoms with E-state index in [0.717, 1.165) is 58.9 Å². The van der Waals surface area contributed by atoms with Crippen LogP contribution in [0, 0.1) is 45.6 Å². The SMILES string of the molecule is CCC(CC)C(=O)/C=C(\O)C(CC)CC.Cc1cc2ccc3c4cc[c-]c(-c5cc(C)c(-c6c(C)cccc6C)cn5)c4oc3c2s1.[Ir]. The Morgan fingerprint density at radius 2 is 1.52 bits per heavy atom. The number of thiophene rings is 1. The van der Waals surface area contributed by atoms with Gasteiger partial charge in [0, 0.05) is 60.0 Å². The number of hydrogen-bond acceptors (Lipinski definition) is 5. The van der Waals surface area contributed by atoms with Gasteiger partial charge in [-0.15, -0.1) is 29.5 Å². The van der Waals surface area contributed by atoms with Crippen LogP contribution < -0.4 is 0 Å². The molecule has 0 spiro atoms. The molecular weight excluding hydrogens is 791 g/mol. The van der Waals surface area contributed by atoms with Crippen LogP contribution in [0.2, 0.25) is 0 Å². The molecule has 3 heterocycles. The third-order valence-electron chi connectivity index (χ3n) is 9.41. The smallest absolute Gasteiger partial charge is 0.162 e. The number of fused-ring (bicyclic) bond motifs is 5. The quantitative estimate of drug-likeness (QED) is 0.0895. The number of benzene rings is 3. The fourth-order valence-corrected chi connectivity index (χ4v) is 7.58. The predicted molar refractivity (Wildman–Crippen MR) is 199 cm³/mol. The number of hydrogen-bond donors (Lipinski definition) is 1. The summed E-state index contributed by atoms with van der Waals surface area (Å²) >= 11 is 1.78. The summed E-state index contributed by atoms with van der Waals surface area (Å²) in [5.41, 5.74) is 9.80. The molecule has 0 saturated carbocycles. The number of carbonyl (C=O) groups excluding carboxylic acids is 1. The van der Waals surface area contributed by atoms with Crippen molar-refractivity contribution in [3.05, 3.63) is 100 Å². The van der Waals surface area contributed by atoms with Gasteiger partial charge in [-0.1, -0.05) is 75.0 Å². The van der Waals surface area contributed by atoms with Gasteiger partial charge in [-0.25, -0.2) is 0 Å². The van der Waals surface area contributed by atoms with Crippen LogP contribution in [0.1, 0.15) is 74.9 Å². The molecule has 3 aromatic heterocycles. The van der Waals surface area contributed by atoms with E-state index in [1.807, 2.05) is 40.0 Å². The van der Waals surface area contributed by atoms with Crippen molar-refractivity contribution in [2.75, 3.05) is 0 Å². The van der Waals surface area contributed by atoms with Gasteiger partial charge in [0.1, 0.15) is 5.58 Å². The topological polar surface area (TPSA) is 63.3 Å². The average molecular weight is 837 g/mol. The van der Waals surface area contributed by atoms with Crippen LogP contribution in [0.25, 0.3) is 54.4 Å². The summed E-state index contributed by atoms with van der Waals surface area (Å²) in [7, 11) is 0. The third-order valence-corrected chi connectivity index (χ3v) is 10.5. The van der Waals surface area contributed by atoms with Gasteiger partial charge in [-0.2, -0.15) is 0 Å². The predicted octanol–water partition coefficient (Wildman–Crippen LogP) is 12.4. The van der Waals surface area contributed by atoms with Gasteiger partial charge in [0.15, 0.2) is 5.78 Å². The molecule has 0 aliphatic heterocycles. The Kier molecular flexibility index (Phi) is 12.6. The van der Waals surface area contributed by atoms with Crippen molar-refractivity contribution in [3.8, 4) is 22.4 Å². The van der Waals surface area contributed by atoms with Gasteiger partial charge in [0.25, 0.3) is 0 Å². The molecule has 0 fully saturated rings. The second-order valence-corrected chi connectivity index (χ2v) is 13.8. The zero-order valence-corrected chi connectivity index (χ0v) is 32.5. The summed E-state index contributed by atoms with van der Waals surface area (Å²) in [6.07, 6.45) is 6.90. The molecular formula is C42H46IrNO3S-. The first-order valence-electron chi connectivity index (χ1n) is 16.9. The maximum absolute atomic E-state index is 11.7. The maximum atomic E-state index is 11.7. The van der Waals surface area contributed by atoms with Crippen LogP contribution in [0.4, 0.5) is 0 Å². The van der Waals surface area contributed by atoms with Crippen LogP contribution in [-0.2, 0) is 24.9 Å². The number of ketones is 1. The van der Waals surface area contributed by atoms with Gasteiger partial charge in [-0.3, -0.25) is 4.79 Å². The molecule has 4 nitrogen and oxygen atoms in total. The minimum absolute atomic E-state index is 0. The number of allylic oxidation sites excluding steroid dienone is 2. The van der Waals surface area contributed by atoms with Crippen LogP contribution in [0.15, 0.2) is 77.0 Å². The molecule has 1 N–H and O–H groups in total. The van der Waals surface area contributed by atoms with Crippen molar-refractivity contribution in [1.29, 1.82) is 0 Å². The van der Waals surface area contributed by atoms with E-state index in [4.69, 9.17) is 9.40 Å². The van der Waals surface area contributed by atoms with Crippen molar-refractivity contribution < 1.29 is 34.4 Å². The Bertz CT molecular complexity index is 2060. The molecule has 6 aromatic rings. The molecule has 0 aliphatic rings. The number of nitrogens with zero attached hydrogens (tertiary/aromatic N) is 1. The van der Waals surface area contributed by atoms with Crippen molar-refractivity contribution in [2.24, 2.45) is 11.8 Å². The minimum atomic E-state index is 0. The molecule has 3 aromatic carbocycles. The summed E-state index contributed by atoms with van der Waals surface area (Å²) in [6, 6.07) is 22.6. The summed E-state index contributed by atoms with van der Waals surface area (Å²) < 4.78 is 7.70. The molecule has 0 aliphatic carbocycles. The number of pyridine rings is 1. The molecule has 6 heteroatoms.